The average molecular weight is 292 g/mol. The smallest absolute Gasteiger partial charge is 0.253 e. The lowest BCUT2D eigenvalue weighted by Gasteiger charge is -2.62. The van der Waals surface area contributed by atoms with Crippen molar-refractivity contribution in [2.45, 2.75) is 39.7 Å². The van der Waals surface area contributed by atoms with Crippen LogP contribution in [-0.2, 0) is 0 Å². The van der Waals surface area contributed by atoms with Crippen LogP contribution in [0.25, 0.3) is 0 Å². The number of carbonyl (C=O) groups excluding carboxylic acids is 1. The summed E-state index contributed by atoms with van der Waals surface area (Å²) in [5.41, 5.74) is 1.03. The van der Waals surface area contributed by atoms with Gasteiger partial charge in [-0.15, -0.1) is 0 Å². The second kappa shape index (κ2) is 4.77. The Morgan fingerprint density at radius 3 is 2.60 bits per heavy atom. The monoisotopic (exact) mass is 291 g/mol. The van der Waals surface area contributed by atoms with Crippen LogP contribution in [0.5, 0.6) is 0 Å². The SMILES string of the molecule is C[C@@H]1[C@H]2C[C@@H](C[C@H]1NC(=O)c1ccccc1Cl)C2(C)C. The van der Waals surface area contributed by atoms with E-state index < -0.39 is 0 Å². The molecule has 20 heavy (non-hydrogen) atoms. The van der Waals surface area contributed by atoms with Gasteiger partial charge < -0.3 is 5.32 Å². The predicted molar refractivity (Wildman–Crippen MR) is 81.9 cm³/mol. The molecule has 108 valence electrons. The highest BCUT2D eigenvalue weighted by molar-refractivity contribution is 6.33. The van der Waals surface area contributed by atoms with Gasteiger partial charge in [-0.1, -0.05) is 44.5 Å². The number of nitrogens with one attached hydrogen (secondary N) is 1. The maximum atomic E-state index is 12.4. The molecule has 0 aliphatic heterocycles. The zero-order valence-corrected chi connectivity index (χ0v) is 13.1. The molecule has 1 aromatic rings. The summed E-state index contributed by atoms with van der Waals surface area (Å²) in [7, 11) is 0. The summed E-state index contributed by atoms with van der Waals surface area (Å²) in [6.45, 7) is 7.02. The lowest BCUT2D eigenvalue weighted by Crippen LogP contribution is -2.60. The van der Waals surface area contributed by atoms with Gasteiger partial charge in [-0.05, 0) is 48.1 Å². The van der Waals surface area contributed by atoms with Crippen molar-refractivity contribution < 1.29 is 4.79 Å². The summed E-state index contributed by atoms with van der Waals surface area (Å²) < 4.78 is 0. The minimum absolute atomic E-state index is 0.0356. The van der Waals surface area contributed by atoms with Gasteiger partial charge in [0.1, 0.15) is 0 Å². The summed E-state index contributed by atoms with van der Waals surface area (Å²) in [5.74, 6) is 1.99. The maximum Gasteiger partial charge on any atom is 0.253 e. The lowest BCUT2D eigenvalue weighted by molar-refractivity contribution is -0.113. The van der Waals surface area contributed by atoms with Crippen molar-refractivity contribution in [3.8, 4) is 0 Å². The van der Waals surface area contributed by atoms with Gasteiger partial charge in [0.15, 0.2) is 0 Å². The molecule has 0 aromatic heterocycles. The number of benzene rings is 1. The predicted octanol–water partition coefficient (Wildman–Crippen LogP) is 4.14. The largest absolute Gasteiger partial charge is 0.349 e. The number of carbonyl (C=O) groups is 1. The van der Waals surface area contributed by atoms with Crippen molar-refractivity contribution in [3.05, 3.63) is 34.9 Å². The van der Waals surface area contributed by atoms with E-state index in [0.717, 1.165) is 18.3 Å². The minimum atomic E-state index is -0.0356. The Labute approximate surface area is 125 Å². The van der Waals surface area contributed by atoms with Crippen molar-refractivity contribution in [1.82, 2.24) is 5.32 Å². The molecule has 0 saturated heterocycles. The van der Waals surface area contributed by atoms with E-state index in [-0.39, 0.29) is 11.9 Å². The molecule has 4 rings (SSSR count). The van der Waals surface area contributed by atoms with Gasteiger partial charge in [-0.2, -0.15) is 0 Å². The quantitative estimate of drug-likeness (QED) is 0.872. The number of halogens is 1. The summed E-state index contributed by atoms with van der Waals surface area (Å²) in [6.07, 6.45) is 2.42. The molecule has 2 nitrogen and oxygen atoms in total. The molecule has 4 atom stereocenters. The Bertz CT molecular complexity index is 540. The summed E-state index contributed by atoms with van der Waals surface area (Å²) >= 11 is 6.10. The number of hydrogen-bond acceptors (Lipinski definition) is 1. The third-order valence-electron chi connectivity index (χ3n) is 5.79. The normalized spacial score (nSPS) is 34.2. The number of fused-ring (bicyclic) bond motifs is 2. The van der Waals surface area contributed by atoms with Crippen molar-refractivity contribution in [2.75, 3.05) is 0 Å². The van der Waals surface area contributed by atoms with Crippen LogP contribution in [0.3, 0.4) is 0 Å². The average Bonchev–Trinajstić information content (AvgIpc) is 2.40. The van der Waals surface area contributed by atoms with Gasteiger partial charge in [0.05, 0.1) is 10.6 Å². The third-order valence-corrected chi connectivity index (χ3v) is 6.12. The first kappa shape index (κ1) is 13.9. The molecule has 3 aliphatic rings. The van der Waals surface area contributed by atoms with E-state index in [2.05, 4.69) is 26.1 Å². The summed E-state index contributed by atoms with van der Waals surface area (Å²) in [5, 5.41) is 3.73. The van der Waals surface area contributed by atoms with Crippen molar-refractivity contribution >= 4 is 17.5 Å². The standard InChI is InChI=1S/C17H22ClNO/c1-10-13-8-11(17(13,2)3)9-15(10)19-16(20)12-6-4-5-7-14(12)18/h4-7,10-11,13,15H,8-9H2,1-3H3,(H,19,20)/t10-,11+,13-,15-/m1/s1. The number of rotatable bonds is 2. The first-order valence-electron chi connectivity index (χ1n) is 7.46. The van der Waals surface area contributed by atoms with Gasteiger partial charge in [0, 0.05) is 6.04 Å². The molecule has 1 amide bonds. The molecule has 2 bridgehead atoms. The van der Waals surface area contributed by atoms with Crippen LogP contribution in [0.2, 0.25) is 5.02 Å². The van der Waals surface area contributed by atoms with E-state index in [1.807, 2.05) is 12.1 Å². The Hall–Kier alpha value is -1.02. The van der Waals surface area contributed by atoms with Crippen LogP contribution < -0.4 is 5.32 Å². The van der Waals surface area contributed by atoms with Crippen LogP contribution >= 0.6 is 11.6 Å². The van der Waals surface area contributed by atoms with Crippen LogP contribution in [0.15, 0.2) is 24.3 Å². The van der Waals surface area contributed by atoms with E-state index in [1.165, 1.54) is 6.42 Å². The van der Waals surface area contributed by atoms with Gasteiger partial charge in [0.25, 0.3) is 5.91 Å². The minimum Gasteiger partial charge on any atom is -0.349 e. The Kier molecular flexibility index (Phi) is 3.32. The molecule has 3 heteroatoms. The van der Waals surface area contributed by atoms with Crippen LogP contribution in [-0.4, -0.2) is 11.9 Å². The summed E-state index contributed by atoms with van der Waals surface area (Å²) in [6, 6.07) is 7.54. The molecule has 3 aliphatic carbocycles. The van der Waals surface area contributed by atoms with E-state index in [0.29, 0.717) is 21.9 Å². The van der Waals surface area contributed by atoms with Gasteiger partial charge in [-0.25, -0.2) is 0 Å². The summed E-state index contributed by atoms with van der Waals surface area (Å²) in [4.78, 5) is 12.4. The second-order valence-corrected chi connectivity index (χ2v) is 7.42. The topological polar surface area (TPSA) is 29.1 Å². The first-order chi connectivity index (χ1) is 9.41. The fourth-order valence-corrected chi connectivity index (χ4v) is 4.45. The molecule has 0 spiro atoms. The molecular formula is C17H22ClNO. The molecular weight excluding hydrogens is 270 g/mol. The fraction of sp³-hybridized carbons (Fsp3) is 0.588. The van der Waals surface area contributed by atoms with Crippen LogP contribution in [0, 0.1) is 23.2 Å². The molecule has 1 aromatic carbocycles. The van der Waals surface area contributed by atoms with Crippen molar-refractivity contribution in [3.63, 3.8) is 0 Å². The molecule has 0 radical (unpaired) electrons. The lowest BCUT2D eigenvalue weighted by atomic mass is 9.45. The van der Waals surface area contributed by atoms with Gasteiger partial charge in [0.2, 0.25) is 0 Å². The first-order valence-corrected chi connectivity index (χ1v) is 7.84. The van der Waals surface area contributed by atoms with Crippen LogP contribution in [0.1, 0.15) is 44.0 Å². The number of amides is 1. The Balaban J connectivity index is 1.71. The van der Waals surface area contributed by atoms with E-state index in [4.69, 9.17) is 11.6 Å². The highest BCUT2D eigenvalue weighted by Gasteiger charge is 2.56. The molecule has 1 N–H and O–H groups in total. The number of hydrogen-bond donors (Lipinski definition) is 1. The molecule has 0 unspecified atom stereocenters. The van der Waals surface area contributed by atoms with E-state index in [9.17, 15) is 4.79 Å². The Morgan fingerprint density at radius 1 is 1.30 bits per heavy atom. The molecule has 0 heterocycles. The highest BCUT2D eigenvalue weighted by atomic mass is 35.5. The zero-order valence-electron chi connectivity index (χ0n) is 12.3. The molecule has 3 fully saturated rings. The van der Waals surface area contributed by atoms with Crippen molar-refractivity contribution in [1.29, 1.82) is 0 Å². The second-order valence-electron chi connectivity index (χ2n) is 7.02. The van der Waals surface area contributed by atoms with Crippen LogP contribution in [0.4, 0.5) is 0 Å². The van der Waals surface area contributed by atoms with Gasteiger partial charge >= 0.3 is 0 Å². The highest BCUT2D eigenvalue weighted by Crippen LogP contribution is 2.61. The van der Waals surface area contributed by atoms with E-state index in [1.54, 1.807) is 12.1 Å². The zero-order chi connectivity index (χ0) is 14.5. The third kappa shape index (κ3) is 2.05. The maximum absolute atomic E-state index is 12.4. The van der Waals surface area contributed by atoms with Gasteiger partial charge in [-0.3, -0.25) is 4.79 Å². The molecule has 3 saturated carbocycles. The van der Waals surface area contributed by atoms with Crippen molar-refractivity contribution in [2.24, 2.45) is 23.2 Å². The Morgan fingerprint density at radius 2 is 2.00 bits per heavy atom. The van der Waals surface area contributed by atoms with E-state index >= 15 is 0 Å². The fourth-order valence-electron chi connectivity index (χ4n) is 4.23.